The van der Waals surface area contributed by atoms with Gasteiger partial charge in [0, 0.05) is 19.5 Å². The van der Waals surface area contributed by atoms with Crippen LogP contribution < -0.4 is 5.56 Å². The smallest absolute Gasteiger partial charge is 0.266 e. The van der Waals surface area contributed by atoms with Crippen LogP contribution in [0.1, 0.15) is 17.5 Å². The van der Waals surface area contributed by atoms with Gasteiger partial charge in [0.05, 0.1) is 16.6 Å². The van der Waals surface area contributed by atoms with Crippen molar-refractivity contribution in [2.75, 3.05) is 19.5 Å². The van der Waals surface area contributed by atoms with Gasteiger partial charge in [0.1, 0.15) is 0 Å². The second kappa shape index (κ2) is 7.85. The van der Waals surface area contributed by atoms with E-state index < -0.39 is 0 Å². The number of nitrogens with zero attached hydrogens (tertiary/aromatic N) is 2. The Kier molecular flexibility index (Phi) is 5.56. The summed E-state index contributed by atoms with van der Waals surface area (Å²) in [5.41, 5.74) is 3.94. The topological polar surface area (TPSA) is 44.1 Å². The van der Waals surface area contributed by atoms with E-state index in [1.165, 1.54) is 5.56 Å². The Morgan fingerprint density at radius 3 is 2.68 bits per heavy atom. The number of rotatable bonds is 6. The van der Waals surface area contributed by atoms with Crippen molar-refractivity contribution in [3.05, 3.63) is 63.9 Å². The van der Waals surface area contributed by atoms with Gasteiger partial charge in [0.25, 0.3) is 5.56 Å². The van der Waals surface area contributed by atoms with Crippen LogP contribution in [0.2, 0.25) is 0 Å². The SMILES string of the molecule is COCCCSc1nc2ccccc2c(=O)n1-c1ccc(C)c(C)c1. The number of thioether (sulfide) groups is 1. The normalized spacial score (nSPS) is 11.2. The fraction of sp³-hybridized carbons (Fsp3) is 0.300. The minimum atomic E-state index is -0.0249. The maximum Gasteiger partial charge on any atom is 0.266 e. The standard InChI is InChI=1S/C20H22N2O2S/c1-14-9-10-16(13-15(14)2)22-19(23)17-7-4-5-8-18(17)21-20(22)25-12-6-11-24-3/h4-5,7-10,13H,6,11-12H2,1-3H3. The first-order chi connectivity index (χ1) is 12.1. The van der Waals surface area contributed by atoms with Gasteiger partial charge in [-0.05, 0) is 55.7 Å². The van der Waals surface area contributed by atoms with E-state index in [1.807, 2.05) is 42.5 Å². The zero-order chi connectivity index (χ0) is 17.8. The molecule has 1 aromatic heterocycles. The summed E-state index contributed by atoms with van der Waals surface area (Å²) in [5.74, 6) is 0.851. The highest BCUT2D eigenvalue weighted by Crippen LogP contribution is 2.23. The first-order valence-corrected chi connectivity index (χ1v) is 9.31. The number of aryl methyl sites for hydroxylation is 2. The molecule has 0 atom stereocenters. The minimum Gasteiger partial charge on any atom is -0.385 e. The van der Waals surface area contributed by atoms with E-state index in [1.54, 1.807) is 23.4 Å². The van der Waals surface area contributed by atoms with Crippen LogP contribution in [0.3, 0.4) is 0 Å². The van der Waals surface area contributed by atoms with Gasteiger partial charge in [-0.1, -0.05) is 30.0 Å². The third kappa shape index (κ3) is 3.78. The molecule has 130 valence electrons. The van der Waals surface area contributed by atoms with E-state index in [-0.39, 0.29) is 5.56 Å². The van der Waals surface area contributed by atoms with Crippen molar-refractivity contribution >= 4 is 22.7 Å². The molecule has 0 radical (unpaired) electrons. The zero-order valence-electron chi connectivity index (χ0n) is 14.8. The summed E-state index contributed by atoms with van der Waals surface area (Å²) >= 11 is 1.59. The predicted molar refractivity (Wildman–Crippen MR) is 104 cm³/mol. The Balaban J connectivity index is 2.14. The molecule has 0 N–H and O–H groups in total. The van der Waals surface area contributed by atoms with Crippen LogP contribution in [-0.4, -0.2) is 29.0 Å². The quantitative estimate of drug-likeness (QED) is 0.379. The van der Waals surface area contributed by atoms with Gasteiger partial charge in [-0.15, -0.1) is 0 Å². The van der Waals surface area contributed by atoms with Crippen molar-refractivity contribution in [2.45, 2.75) is 25.4 Å². The molecule has 0 bridgehead atoms. The average molecular weight is 354 g/mol. The highest BCUT2D eigenvalue weighted by Gasteiger charge is 2.13. The van der Waals surface area contributed by atoms with Crippen LogP contribution in [0.5, 0.6) is 0 Å². The van der Waals surface area contributed by atoms with Crippen molar-refractivity contribution < 1.29 is 4.74 Å². The monoisotopic (exact) mass is 354 g/mol. The van der Waals surface area contributed by atoms with Crippen LogP contribution in [0.25, 0.3) is 16.6 Å². The molecule has 0 saturated carbocycles. The largest absolute Gasteiger partial charge is 0.385 e. The van der Waals surface area contributed by atoms with Gasteiger partial charge in [0.2, 0.25) is 0 Å². The molecule has 4 nitrogen and oxygen atoms in total. The second-order valence-electron chi connectivity index (χ2n) is 6.02. The number of ether oxygens (including phenoxy) is 1. The van der Waals surface area contributed by atoms with E-state index in [0.717, 1.165) is 34.1 Å². The van der Waals surface area contributed by atoms with Crippen LogP contribution in [0, 0.1) is 13.8 Å². The lowest BCUT2D eigenvalue weighted by Crippen LogP contribution is -2.22. The third-order valence-electron chi connectivity index (χ3n) is 4.22. The fourth-order valence-corrected chi connectivity index (χ4v) is 3.59. The van der Waals surface area contributed by atoms with Gasteiger partial charge < -0.3 is 4.74 Å². The molecule has 0 aliphatic rings. The molecular weight excluding hydrogens is 332 g/mol. The summed E-state index contributed by atoms with van der Waals surface area (Å²) in [7, 11) is 1.70. The molecule has 25 heavy (non-hydrogen) atoms. The number of hydrogen-bond acceptors (Lipinski definition) is 4. The number of hydrogen-bond donors (Lipinski definition) is 0. The lowest BCUT2D eigenvalue weighted by Gasteiger charge is -2.14. The number of aromatic nitrogens is 2. The molecule has 5 heteroatoms. The van der Waals surface area contributed by atoms with Crippen molar-refractivity contribution in [2.24, 2.45) is 0 Å². The highest BCUT2D eigenvalue weighted by atomic mass is 32.2. The van der Waals surface area contributed by atoms with E-state index in [2.05, 4.69) is 13.8 Å². The summed E-state index contributed by atoms with van der Waals surface area (Å²) < 4.78 is 6.84. The maximum atomic E-state index is 13.1. The molecule has 0 unspecified atom stereocenters. The Bertz CT molecular complexity index is 950. The summed E-state index contributed by atoms with van der Waals surface area (Å²) in [5, 5.41) is 1.37. The van der Waals surface area contributed by atoms with Gasteiger partial charge >= 0.3 is 0 Å². The van der Waals surface area contributed by atoms with Crippen LogP contribution >= 0.6 is 11.8 Å². The van der Waals surface area contributed by atoms with Crippen molar-refractivity contribution in [1.29, 1.82) is 0 Å². The van der Waals surface area contributed by atoms with Crippen molar-refractivity contribution in [1.82, 2.24) is 9.55 Å². The Hall–Kier alpha value is -2.11. The van der Waals surface area contributed by atoms with E-state index in [0.29, 0.717) is 12.0 Å². The van der Waals surface area contributed by atoms with Gasteiger partial charge in [0.15, 0.2) is 5.16 Å². The van der Waals surface area contributed by atoms with Gasteiger partial charge in [-0.2, -0.15) is 0 Å². The minimum absolute atomic E-state index is 0.0249. The number of fused-ring (bicyclic) bond motifs is 1. The summed E-state index contributed by atoms with van der Waals surface area (Å²) in [6.45, 7) is 4.83. The fourth-order valence-electron chi connectivity index (χ4n) is 2.67. The lowest BCUT2D eigenvalue weighted by molar-refractivity contribution is 0.200. The van der Waals surface area contributed by atoms with Crippen LogP contribution in [0.15, 0.2) is 52.4 Å². The maximum absolute atomic E-state index is 13.1. The summed E-state index contributed by atoms with van der Waals surface area (Å²) in [6.07, 6.45) is 0.913. The second-order valence-corrected chi connectivity index (χ2v) is 7.08. The molecule has 0 amide bonds. The molecule has 0 aliphatic carbocycles. The number of methoxy groups -OCH3 is 1. The molecule has 0 aliphatic heterocycles. The first-order valence-electron chi connectivity index (χ1n) is 8.33. The Morgan fingerprint density at radius 1 is 1.12 bits per heavy atom. The van der Waals surface area contributed by atoms with E-state index >= 15 is 0 Å². The lowest BCUT2D eigenvalue weighted by atomic mass is 10.1. The van der Waals surface area contributed by atoms with Gasteiger partial charge in [-0.3, -0.25) is 9.36 Å². The molecule has 0 saturated heterocycles. The molecule has 0 fully saturated rings. The third-order valence-corrected chi connectivity index (χ3v) is 5.24. The predicted octanol–water partition coefficient (Wildman–Crippen LogP) is 4.13. The summed E-state index contributed by atoms with van der Waals surface area (Å²) in [4.78, 5) is 17.9. The van der Waals surface area contributed by atoms with Crippen molar-refractivity contribution in [3.8, 4) is 5.69 Å². The molecular formula is C20H22N2O2S. The molecule has 0 spiro atoms. The Labute approximate surface area is 151 Å². The van der Waals surface area contributed by atoms with E-state index in [4.69, 9.17) is 9.72 Å². The molecule has 3 aromatic rings. The van der Waals surface area contributed by atoms with Gasteiger partial charge in [-0.25, -0.2) is 4.98 Å². The van der Waals surface area contributed by atoms with Crippen molar-refractivity contribution in [3.63, 3.8) is 0 Å². The van der Waals surface area contributed by atoms with Crippen LogP contribution in [-0.2, 0) is 4.74 Å². The van der Waals surface area contributed by atoms with Crippen LogP contribution in [0.4, 0.5) is 0 Å². The first kappa shape index (κ1) is 17.7. The average Bonchev–Trinajstić information content (AvgIpc) is 2.62. The number of benzene rings is 2. The molecule has 2 aromatic carbocycles. The molecule has 1 heterocycles. The highest BCUT2D eigenvalue weighted by molar-refractivity contribution is 7.99. The summed E-state index contributed by atoms with van der Waals surface area (Å²) in [6, 6.07) is 13.6. The Morgan fingerprint density at radius 2 is 1.92 bits per heavy atom. The van der Waals surface area contributed by atoms with E-state index in [9.17, 15) is 4.79 Å². The number of para-hydroxylation sites is 1. The molecule has 3 rings (SSSR count). The zero-order valence-corrected chi connectivity index (χ0v) is 15.6.